The van der Waals surface area contributed by atoms with Gasteiger partial charge in [-0.25, -0.2) is 4.68 Å². The Hall–Kier alpha value is -3.59. The molecule has 152 valence electrons. The minimum Gasteiger partial charge on any atom is -0.497 e. The van der Waals surface area contributed by atoms with Crippen LogP contribution in [-0.2, 0) is 0 Å². The van der Waals surface area contributed by atoms with Gasteiger partial charge in [-0.1, -0.05) is 17.3 Å². The number of carbonyl (C=O) groups is 1. The zero-order chi connectivity index (χ0) is 21.3. The normalized spacial score (nSPS) is 10.8. The Morgan fingerprint density at radius 3 is 2.60 bits per heavy atom. The fourth-order valence-electron chi connectivity index (χ4n) is 3.16. The number of nitrogens with one attached hydrogen (secondary N) is 1. The summed E-state index contributed by atoms with van der Waals surface area (Å²) in [5, 5.41) is 11.7. The van der Waals surface area contributed by atoms with Gasteiger partial charge in [0.25, 0.3) is 5.91 Å². The van der Waals surface area contributed by atoms with Crippen molar-refractivity contribution in [1.29, 1.82) is 0 Å². The van der Waals surface area contributed by atoms with E-state index in [-0.39, 0.29) is 5.91 Å². The summed E-state index contributed by atoms with van der Waals surface area (Å²) >= 11 is 1.09. The summed E-state index contributed by atoms with van der Waals surface area (Å²) < 4.78 is 11.3. The zero-order valence-corrected chi connectivity index (χ0v) is 17.8. The average molecular weight is 420 g/mol. The standard InChI is InChI=1S/C21H20N6O2S/c1-12-8-13(2)10-16(9-12)27-14(3)18(24-26-27)19-22-21(30-25-19)23-20(28)15-6-5-7-17(11-15)29-4/h5-11H,1-4H3,(H,22,23,25,28). The SMILES string of the molecule is COc1cccc(C(=O)Nc2nc(-c3nnn(-c4cc(C)cc(C)c4)c3C)ns2)c1. The summed E-state index contributed by atoms with van der Waals surface area (Å²) in [7, 11) is 1.56. The van der Waals surface area contributed by atoms with E-state index < -0.39 is 0 Å². The molecular weight excluding hydrogens is 400 g/mol. The van der Waals surface area contributed by atoms with Crippen LogP contribution in [-0.4, -0.2) is 37.4 Å². The highest BCUT2D eigenvalue weighted by Gasteiger charge is 2.18. The smallest absolute Gasteiger partial charge is 0.257 e. The second kappa shape index (κ2) is 8.03. The molecule has 2 aromatic carbocycles. The first-order valence-electron chi connectivity index (χ1n) is 9.25. The average Bonchev–Trinajstić information content (AvgIpc) is 3.33. The summed E-state index contributed by atoms with van der Waals surface area (Å²) in [6, 6.07) is 13.1. The van der Waals surface area contributed by atoms with Crippen molar-refractivity contribution < 1.29 is 9.53 Å². The lowest BCUT2D eigenvalue weighted by Crippen LogP contribution is -2.11. The van der Waals surface area contributed by atoms with Gasteiger partial charge in [0.2, 0.25) is 5.13 Å². The summed E-state index contributed by atoms with van der Waals surface area (Å²) in [5.74, 6) is 0.750. The number of ether oxygens (including phenoxy) is 1. The number of hydrogen-bond acceptors (Lipinski definition) is 7. The molecular formula is C21H20N6O2S. The van der Waals surface area contributed by atoms with Crippen LogP contribution >= 0.6 is 11.5 Å². The Morgan fingerprint density at radius 2 is 1.87 bits per heavy atom. The summed E-state index contributed by atoms with van der Waals surface area (Å²) in [6.45, 7) is 6.01. The number of methoxy groups -OCH3 is 1. The Bertz CT molecular complexity index is 1210. The van der Waals surface area contributed by atoms with Crippen LogP contribution < -0.4 is 10.1 Å². The van der Waals surface area contributed by atoms with Gasteiger partial charge in [0.05, 0.1) is 18.5 Å². The van der Waals surface area contributed by atoms with Gasteiger partial charge in [0.1, 0.15) is 5.75 Å². The third-order valence-electron chi connectivity index (χ3n) is 4.54. The van der Waals surface area contributed by atoms with Crippen molar-refractivity contribution in [2.75, 3.05) is 12.4 Å². The van der Waals surface area contributed by atoms with E-state index in [0.29, 0.717) is 28.0 Å². The maximum atomic E-state index is 12.5. The van der Waals surface area contributed by atoms with Crippen molar-refractivity contribution in [2.24, 2.45) is 0 Å². The Kier molecular flexibility index (Phi) is 5.28. The Morgan fingerprint density at radius 1 is 1.10 bits per heavy atom. The van der Waals surface area contributed by atoms with Gasteiger partial charge < -0.3 is 4.74 Å². The van der Waals surface area contributed by atoms with Crippen LogP contribution in [0.25, 0.3) is 17.2 Å². The molecule has 0 aliphatic heterocycles. The number of amides is 1. The molecule has 4 aromatic rings. The molecule has 9 heteroatoms. The van der Waals surface area contributed by atoms with E-state index >= 15 is 0 Å². The second-order valence-corrected chi connectivity index (χ2v) is 7.64. The minimum atomic E-state index is -0.285. The third-order valence-corrected chi connectivity index (χ3v) is 5.17. The number of hydrogen-bond donors (Lipinski definition) is 1. The van der Waals surface area contributed by atoms with E-state index in [1.165, 1.54) is 0 Å². The minimum absolute atomic E-state index is 0.285. The molecule has 0 aliphatic rings. The van der Waals surface area contributed by atoms with Crippen molar-refractivity contribution in [2.45, 2.75) is 20.8 Å². The van der Waals surface area contributed by atoms with E-state index in [1.807, 2.05) is 32.9 Å². The number of anilines is 1. The molecule has 1 amide bonds. The fraction of sp³-hybridized carbons (Fsp3) is 0.190. The molecule has 0 aliphatic carbocycles. The zero-order valence-electron chi connectivity index (χ0n) is 17.0. The largest absolute Gasteiger partial charge is 0.497 e. The highest BCUT2D eigenvalue weighted by Crippen LogP contribution is 2.25. The van der Waals surface area contributed by atoms with Gasteiger partial charge in [-0.05, 0) is 62.2 Å². The third kappa shape index (κ3) is 3.92. The van der Waals surface area contributed by atoms with Gasteiger partial charge >= 0.3 is 0 Å². The van der Waals surface area contributed by atoms with Crippen molar-refractivity contribution in [3.8, 4) is 23.0 Å². The molecule has 0 saturated carbocycles. The molecule has 0 atom stereocenters. The molecule has 0 bridgehead atoms. The quantitative estimate of drug-likeness (QED) is 0.525. The fourth-order valence-corrected chi connectivity index (χ4v) is 3.72. The molecule has 0 unspecified atom stereocenters. The molecule has 2 heterocycles. The molecule has 0 spiro atoms. The van der Waals surface area contributed by atoms with E-state index in [1.54, 1.807) is 36.1 Å². The molecule has 4 rings (SSSR count). The van der Waals surface area contributed by atoms with E-state index in [0.717, 1.165) is 34.0 Å². The lowest BCUT2D eigenvalue weighted by atomic mass is 10.1. The molecule has 30 heavy (non-hydrogen) atoms. The van der Waals surface area contributed by atoms with Gasteiger partial charge in [0.15, 0.2) is 11.5 Å². The highest BCUT2D eigenvalue weighted by molar-refractivity contribution is 7.10. The molecule has 0 fully saturated rings. The second-order valence-electron chi connectivity index (χ2n) is 6.89. The maximum absolute atomic E-state index is 12.5. The highest BCUT2D eigenvalue weighted by atomic mass is 32.1. The van der Waals surface area contributed by atoms with Crippen LogP contribution in [0.15, 0.2) is 42.5 Å². The number of rotatable bonds is 5. The van der Waals surface area contributed by atoms with Gasteiger partial charge in [-0.15, -0.1) is 5.10 Å². The number of aryl methyl sites for hydroxylation is 2. The lowest BCUT2D eigenvalue weighted by molar-refractivity contribution is 0.102. The van der Waals surface area contributed by atoms with Crippen molar-refractivity contribution in [3.05, 3.63) is 64.8 Å². The molecule has 2 aromatic heterocycles. The van der Waals surface area contributed by atoms with Crippen LogP contribution in [0.4, 0.5) is 5.13 Å². The van der Waals surface area contributed by atoms with Crippen LogP contribution in [0.2, 0.25) is 0 Å². The van der Waals surface area contributed by atoms with E-state index in [4.69, 9.17) is 4.74 Å². The van der Waals surface area contributed by atoms with Crippen molar-refractivity contribution >= 4 is 22.6 Å². The predicted octanol–water partition coefficient (Wildman–Crippen LogP) is 3.97. The number of aromatic nitrogens is 5. The van der Waals surface area contributed by atoms with Crippen LogP contribution in [0.1, 0.15) is 27.2 Å². The topological polar surface area (TPSA) is 94.8 Å². The first-order valence-corrected chi connectivity index (χ1v) is 10.0. The summed E-state index contributed by atoms with van der Waals surface area (Å²) in [6.07, 6.45) is 0. The number of carbonyl (C=O) groups excluding carboxylic acids is 1. The van der Waals surface area contributed by atoms with Crippen LogP contribution in [0, 0.1) is 20.8 Å². The van der Waals surface area contributed by atoms with Crippen molar-refractivity contribution in [1.82, 2.24) is 24.4 Å². The van der Waals surface area contributed by atoms with Crippen molar-refractivity contribution in [3.63, 3.8) is 0 Å². The Labute approximate surface area is 177 Å². The number of benzene rings is 2. The Balaban J connectivity index is 1.57. The maximum Gasteiger partial charge on any atom is 0.257 e. The summed E-state index contributed by atoms with van der Waals surface area (Å²) in [4.78, 5) is 16.9. The summed E-state index contributed by atoms with van der Waals surface area (Å²) in [5.41, 5.74) is 5.11. The first kappa shape index (κ1) is 19.7. The molecule has 0 saturated heterocycles. The first-order chi connectivity index (χ1) is 14.4. The van der Waals surface area contributed by atoms with Gasteiger partial charge in [-0.2, -0.15) is 9.36 Å². The molecule has 8 nitrogen and oxygen atoms in total. The molecule has 1 N–H and O–H groups in total. The van der Waals surface area contributed by atoms with E-state index in [9.17, 15) is 4.79 Å². The number of nitrogens with zero attached hydrogens (tertiary/aromatic N) is 5. The van der Waals surface area contributed by atoms with E-state index in [2.05, 4.69) is 31.1 Å². The lowest BCUT2D eigenvalue weighted by Gasteiger charge is -2.06. The molecule has 0 radical (unpaired) electrons. The van der Waals surface area contributed by atoms with Crippen LogP contribution in [0.5, 0.6) is 5.75 Å². The predicted molar refractivity (Wildman–Crippen MR) is 115 cm³/mol. The van der Waals surface area contributed by atoms with Gasteiger partial charge in [-0.3, -0.25) is 10.1 Å². The monoisotopic (exact) mass is 420 g/mol. The van der Waals surface area contributed by atoms with Crippen LogP contribution in [0.3, 0.4) is 0 Å². The van der Waals surface area contributed by atoms with Gasteiger partial charge in [0, 0.05) is 17.1 Å².